The van der Waals surface area contributed by atoms with Crippen LogP contribution in [0.5, 0.6) is 0 Å². The van der Waals surface area contributed by atoms with Gasteiger partial charge in [-0.05, 0) is 24.0 Å². The summed E-state index contributed by atoms with van der Waals surface area (Å²) in [6, 6.07) is 22.4. The third-order valence-electron chi connectivity index (χ3n) is 4.39. The Hall–Kier alpha value is -2.98. The number of nitrogens with zero attached hydrogens (tertiary/aromatic N) is 2. The molecule has 0 unspecified atom stereocenters. The van der Waals surface area contributed by atoms with Gasteiger partial charge in [0.2, 0.25) is 0 Å². The molecule has 0 aliphatic carbocycles. The largest absolute Gasteiger partial charge is 0.385 e. The van der Waals surface area contributed by atoms with Gasteiger partial charge >= 0.3 is 0 Å². The van der Waals surface area contributed by atoms with E-state index in [9.17, 15) is 0 Å². The molecule has 2 aromatic heterocycles. The molecule has 0 saturated heterocycles. The van der Waals surface area contributed by atoms with Gasteiger partial charge in [0.15, 0.2) is 5.65 Å². The zero-order valence-electron chi connectivity index (χ0n) is 16.7. The van der Waals surface area contributed by atoms with Crippen molar-refractivity contribution >= 4 is 11.2 Å². The second-order valence-corrected chi connectivity index (χ2v) is 7.09. The van der Waals surface area contributed by atoms with E-state index in [-0.39, 0.29) is 0 Å². The number of aromatic nitrogens is 3. The van der Waals surface area contributed by atoms with Crippen LogP contribution < -0.4 is 0 Å². The minimum Gasteiger partial charge on any atom is -0.385 e. The molecule has 0 spiro atoms. The van der Waals surface area contributed by atoms with Gasteiger partial charge in [-0.15, -0.1) is 0 Å². The highest BCUT2D eigenvalue weighted by atomic mass is 16.5. The van der Waals surface area contributed by atoms with E-state index in [2.05, 4.69) is 47.0 Å². The molecule has 0 radical (unpaired) electrons. The fraction of sp³-hybridized carbons (Fsp3) is 0.250. The van der Waals surface area contributed by atoms with Gasteiger partial charge < -0.3 is 9.72 Å². The van der Waals surface area contributed by atoms with Crippen molar-refractivity contribution in [1.82, 2.24) is 15.0 Å². The van der Waals surface area contributed by atoms with Crippen LogP contribution in [0.1, 0.15) is 20.3 Å². The van der Waals surface area contributed by atoms with Gasteiger partial charge in [0.05, 0.1) is 5.52 Å². The molecule has 0 bridgehead atoms. The molecule has 0 aliphatic rings. The maximum absolute atomic E-state index is 4.85. The summed E-state index contributed by atoms with van der Waals surface area (Å²) in [6.45, 7) is 5.29. The Kier molecular flexibility index (Phi) is 6.93. The van der Waals surface area contributed by atoms with Crippen molar-refractivity contribution in [2.24, 2.45) is 5.92 Å². The second-order valence-electron chi connectivity index (χ2n) is 7.09. The van der Waals surface area contributed by atoms with Crippen LogP contribution in [0.25, 0.3) is 33.7 Å². The predicted molar refractivity (Wildman–Crippen MR) is 116 cm³/mol. The van der Waals surface area contributed by atoms with Crippen molar-refractivity contribution in [3.8, 4) is 22.5 Å². The monoisotopic (exact) mass is 373 g/mol. The number of ether oxygens (including phenoxy) is 1. The van der Waals surface area contributed by atoms with Crippen molar-refractivity contribution in [2.45, 2.75) is 20.3 Å². The summed E-state index contributed by atoms with van der Waals surface area (Å²) in [5.41, 5.74) is 5.01. The average molecular weight is 374 g/mol. The molecule has 2 aromatic carbocycles. The van der Waals surface area contributed by atoms with E-state index < -0.39 is 0 Å². The van der Waals surface area contributed by atoms with Gasteiger partial charge in [-0.1, -0.05) is 74.5 Å². The highest BCUT2D eigenvalue weighted by Gasteiger charge is 2.07. The molecule has 0 amide bonds. The van der Waals surface area contributed by atoms with Gasteiger partial charge in [0, 0.05) is 31.0 Å². The maximum Gasteiger partial charge on any atom is 0.178 e. The molecule has 4 rings (SSSR count). The number of imidazole rings is 1. The Bertz CT molecular complexity index is 941. The Morgan fingerprint density at radius 1 is 0.893 bits per heavy atom. The summed E-state index contributed by atoms with van der Waals surface area (Å²) in [6.07, 6.45) is 3.05. The predicted octanol–water partition coefficient (Wildman–Crippen LogP) is 5.97. The van der Waals surface area contributed by atoms with Crippen molar-refractivity contribution in [1.29, 1.82) is 0 Å². The number of pyridine rings is 1. The fourth-order valence-electron chi connectivity index (χ4n) is 2.77. The van der Waals surface area contributed by atoms with Crippen LogP contribution in [0.3, 0.4) is 0 Å². The molecule has 28 heavy (non-hydrogen) atoms. The first-order chi connectivity index (χ1) is 13.7. The minimum absolute atomic E-state index is 0.744. The average Bonchev–Trinajstić information content (AvgIpc) is 3.17. The van der Waals surface area contributed by atoms with Gasteiger partial charge in [0.25, 0.3) is 0 Å². The SMILES string of the molecule is COCCC(C)C.c1ccc(-c2cnc3nc(-c4ccccc4)[nH]c3c2)cc1. The maximum atomic E-state index is 4.85. The molecule has 0 aliphatic heterocycles. The number of hydrogen-bond acceptors (Lipinski definition) is 3. The van der Waals surface area contributed by atoms with Crippen LogP contribution in [-0.2, 0) is 4.74 Å². The molecule has 4 heteroatoms. The van der Waals surface area contributed by atoms with Gasteiger partial charge in [-0.25, -0.2) is 9.97 Å². The Balaban J connectivity index is 0.000000279. The van der Waals surface area contributed by atoms with E-state index in [4.69, 9.17) is 4.74 Å². The first kappa shape index (κ1) is 19.8. The van der Waals surface area contributed by atoms with Gasteiger partial charge in [-0.2, -0.15) is 0 Å². The van der Waals surface area contributed by atoms with Crippen LogP contribution in [0, 0.1) is 5.92 Å². The number of benzene rings is 2. The zero-order chi connectivity index (χ0) is 19.8. The molecule has 0 fully saturated rings. The van der Waals surface area contributed by atoms with Crippen LogP contribution in [-0.4, -0.2) is 28.7 Å². The molecular weight excluding hydrogens is 346 g/mol. The lowest BCUT2D eigenvalue weighted by molar-refractivity contribution is 0.183. The van der Waals surface area contributed by atoms with E-state index >= 15 is 0 Å². The number of methoxy groups -OCH3 is 1. The number of rotatable bonds is 5. The van der Waals surface area contributed by atoms with Crippen molar-refractivity contribution < 1.29 is 4.74 Å². The summed E-state index contributed by atoms with van der Waals surface area (Å²) in [7, 11) is 1.74. The highest BCUT2D eigenvalue weighted by Crippen LogP contribution is 2.24. The summed E-state index contributed by atoms with van der Waals surface area (Å²) in [4.78, 5) is 12.4. The summed E-state index contributed by atoms with van der Waals surface area (Å²) >= 11 is 0. The molecule has 4 aromatic rings. The molecule has 0 atom stereocenters. The first-order valence-corrected chi connectivity index (χ1v) is 9.63. The molecule has 2 heterocycles. The minimum atomic E-state index is 0.744. The van der Waals surface area contributed by atoms with E-state index in [1.165, 1.54) is 6.42 Å². The van der Waals surface area contributed by atoms with Crippen molar-refractivity contribution in [3.05, 3.63) is 72.9 Å². The number of aromatic amines is 1. The summed E-state index contributed by atoms with van der Waals surface area (Å²) in [5.74, 6) is 1.63. The number of fused-ring (bicyclic) bond motifs is 1. The Labute approximate surface area is 166 Å². The quantitative estimate of drug-likeness (QED) is 0.469. The fourth-order valence-corrected chi connectivity index (χ4v) is 2.77. The Morgan fingerprint density at radius 2 is 1.54 bits per heavy atom. The smallest absolute Gasteiger partial charge is 0.178 e. The number of H-pyrrole nitrogens is 1. The van der Waals surface area contributed by atoms with E-state index in [1.54, 1.807) is 7.11 Å². The number of hydrogen-bond donors (Lipinski definition) is 1. The standard InChI is InChI=1S/C18H13N3.C6H14O/c1-3-7-13(8-4-1)15-11-16-18(19-12-15)21-17(20-16)14-9-5-2-6-10-14;1-6(2)4-5-7-3/h1-12H,(H,19,20,21);6H,4-5H2,1-3H3. The third kappa shape index (κ3) is 5.27. The molecule has 0 saturated carbocycles. The lowest BCUT2D eigenvalue weighted by Gasteiger charge is -1.99. The van der Waals surface area contributed by atoms with Crippen LogP contribution in [0.4, 0.5) is 0 Å². The lowest BCUT2D eigenvalue weighted by atomic mass is 10.1. The summed E-state index contributed by atoms with van der Waals surface area (Å²) < 4.78 is 4.85. The lowest BCUT2D eigenvalue weighted by Crippen LogP contribution is -1.93. The molecule has 1 N–H and O–H groups in total. The van der Waals surface area contributed by atoms with Gasteiger partial charge in [-0.3, -0.25) is 0 Å². The molecule has 144 valence electrons. The molecular formula is C24H27N3O. The Morgan fingerprint density at radius 3 is 2.11 bits per heavy atom. The topological polar surface area (TPSA) is 50.8 Å². The van der Waals surface area contributed by atoms with Crippen molar-refractivity contribution in [2.75, 3.05) is 13.7 Å². The van der Waals surface area contributed by atoms with E-state index in [0.717, 1.165) is 46.2 Å². The van der Waals surface area contributed by atoms with Crippen LogP contribution in [0.15, 0.2) is 72.9 Å². The van der Waals surface area contributed by atoms with Crippen LogP contribution >= 0.6 is 0 Å². The second kappa shape index (κ2) is 9.81. The normalized spacial score (nSPS) is 10.7. The molecule has 4 nitrogen and oxygen atoms in total. The van der Waals surface area contributed by atoms with Crippen molar-refractivity contribution in [3.63, 3.8) is 0 Å². The highest BCUT2D eigenvalue weighted by molar-refractivity contribution is 5.80. The number of nitrogens with one attached hydrogen (secondary N) is 1. The summed E-state index contributed by atoms with van der Waals surface area (Å²) in [5, 5.41) is 0. The zero-order valence-corrected chi connectivity index (χ0v) is 16.7. The first-order valence-electron chi connectivity index (χ1n) is 9.63. The van der Waals surface area contributed by atoms with Crippen LogP contribution in [0.2, 0.25) is 0 Å². The van der Waals surface area contributed by atoms with E-state index in [0.29, 0.717) is 0 Å². The van der Waals surface area contributed by atoms with E-state index in [1.807, 2.05) is 54.7 Å². The van der Waals surface area contributed by atoms with Gasteiger partial charge in [0.1, 0.15) is 5.82 Å². The third-order valence-corrected chi connectivity index (χ3v) is 4.39.